The first-order chi connectivity index (χ1) is 32.2. The van der Waals surface area contributed by atoms with Gasteiger partial charge in [-0.05, 0) is 101 Å². The van der Waals surface area contributed by atoms with Crippen LogP contribution in [0.5, 0.6) is 0 Å². The number of piperidine rings is 1. The molecule has 5 aromatic rings. The third-order valence-corrected chi connectivity index (χ3v) is 15.7. The summed E-state index contributed by atoms with van der Waals surface area (Å²) in [5, 5.41) is 7.36. The summed E-state index contributed by atoms with van der Waals surface area (Å²) in [6, 6.07) is 12.0. The number of likely N-dealkylation sites (tertiary alicyclic amines) is 1. The van der Waals surface area contributed by atoms with E-state index in [1.165, 1.54) is 27.9 Å². The SMILES string of the molecule is Cc1c(Nc2ccc(S(=O)(=O)N3CCN(CCCCN4CCN(c5ccc6c(c5)C(=O)N(C5CCC(=O)N(C)C5=O)C6=O)CC4)CC3)cc2F)nc2ccc(-c3cnn(C4CC4)c3)cn2c1=O. The fourth-order valence-corrected chi connectivity index (χ4v) is 11.0. The molecule has 67 heavy (non-hydrogen) atoms. The molecule has 18 nitrogen and oxygen atoms in total. The fourth-order valence-electron chi connectivity index (χ4n) is 9.54. The number of amides is 4. The summed E-state index contributed by atoms with van der Waals surface area (Å²) in [5.74, 6) is -2.48. The zero-order chi connectivity index (χ0) is 46.7. The van der Waals surface area contributed by atoms with Crippen LogP contribution in [0.15, 0.2) is 76.8 Å². The number of nitrogens with zero attached hydrogens (tertiary/aromatic N) is 10. The number of unbranched alkanes of at least 4 members (excludes halogenated alkanes) is 1. The van der Waals surface area contributed by atoms with Crippen molar-refractivity contribution in [1.82, 2.24) is 43.1 Å². The number of pyridine rings is 1. The van der Waals surface area contributed by atoms with E-state index in [-0.39, 0.29) is 70.5 Å². The standard InChI is InChI=1S/C47H52FN11O7S/c1-30-43(51-41-13-5-31(28-57(41)44(30)61)32-27-49-58(29-32)33-6-7-33)50-39-11-9-35(26-38(39)48)67(65,66)56-23-19-54(20-24-56)16-4-3-15-53-17-21-55(22-18-53)34-8-10-36-37(25-34)46(63)59(45(36)62)40-12-14-42(60)52(2)47(40)64/h5,8-11,13,25-29,33,40,50H,3-4,6-7,12,14-24H2,1-2H3. The number of rotatable bonds is 13. The number of hydrogen-bond donors (Lipinski definition) is 1. The molecule has 0 bridgehead atoms. The van der Waals surface area contributed by atoms with E-state index >= 15 is 4.39 Å². The van der Waals surface area contributed by atoms with E-state index in [1.54, 1.807) is 37.5 Å². The zero-order valence-corrected chi connectivity index (χ0v) is 38.3. The van der Waals surface area contributed by atoms with E-state index < -0.39 is 39.6 Å². The van der Waals surface area contributed by atoms with Crippen molar-refractivity contribution in [2.45, 2.75) is 62.4 Å². The van der Waals surface area contributed by atoms with Crippen molar-refractivity contribution in [3.63, 3.8) is 0 Å². The molecule has 1 saturated carbocycles. The average Bonchev–Trinajstić information content (AvgIpc) is 4.01. The molecular weight excluding hydrogens is 882 g/mol. The first-order valence-corrected chi connectivity index (χ1v) is 24.4. The van der Waals surface area contributed by atoms with Gasteiger partial charge >= 0.3 is 0 Å². The molecule has 10 rings (SSSR count). The summed E-state index contributed by atoms with van der Waals surface area (Å²) in [6.07, 6.45) is 9.85. The topological polar surface area (TPSA) is 186 Å². The summed E-state index contributed by atoms with van der Waals surface area (Å²) in [6.45, 7) is 8.22. The number of nitrogens with one attached hydrogen (secondary N) is 1. The highest BCUT2D eigenvalue weighted by molar-refractivity contribution is 7.89. The maximum Gasteiger partial charge on any atom is 0.262 e. The highest BCUT2D eigenvalue weighted by Gasteiger charge is 2.46. The van der Waals surface area contributed by atoms with Crippen LogP contribution in [0, 0.1) is 12.7 Å². The van der Waals surface area contributed by atoms with Gasteiger partial charge in [0, 0.05) is 95.0 Å². The van der Waals surface area contributed by atoms with Gasteiger partial charge in [-0.2, -0.15) is 9.40 Å². The minimum atomic E-state index is -3.96. The van der Waals surface area contributed by atoms with E-state index in [1.807, 2.05) is 23.0 Å². The minimum Gasteiger partial charge on any atom is -0.369 e. The highest BCUT2D eigenvalue weighted by atomic mass is 32.2. The summed E-state index contributed by atoms with van der Waals surface area (Å²) in [4.78, 5) is 78.2. The molecular formula is C47H52FN11O7S. The molecule has 1 aliphatic carbocycles. The van der Waals surface area contributed by atoms with Crippen LogP contribution >= 0.6 is 0 Å². The van der Waals surface area contributed by atoms with Gasteiger partial charge in [0.15, 0.2) is 0 Å². The zero-order valence-electron chi connectivity index (χ0n) is 37.4. The second-order valence-electron chi connectivity index (χ2n) is 18.1. The minimum absolute atomic E-state index is 0.00143. The molecule has 0 radical (unpaired) electrons. The van der Waals surface area contributed by atoms with Crippen molar-refractivity contribution in [3.8, 4) is 11.1 Å². The number of imide groups is 2. The summed E-state index contributed by atoms with van der Waals surface area (Å²) < 4.78 is 47.7. The van der Waals surface area contributed by atoms with Crippen LogP contribution < -0.4 is 15.8 Å². The lowest BCUT2D eigenvalue weighted by Gasteiger charge is -2.36. The van der Waals surface area contributed by atoms with E-state index in [0.29, 0.717) is 24.8 Å². The highest BCUT2D eigenvalue weighted by Crippen LogP contribution is 2.36. The van der Waals surface area contributed by atoms with E-state index in [2.05, 4.69) is 30.1 Å². The van der Waals surface area contributed by atoms with Crippen LogP contribution in [-0.4, -0.2) is 154 Å². The molecule has 7 heterocycles. The number of carbonyl (C=O) groups is 4. The van der Waals surface area contributed by atoms with Gasteiger partial charge < -0.3 is 15.1 Å². The number of fused-ring (bicyclic) bond motifs is 2. The van der Waals surface area contributed by atoms with Crippen molar-refractivity contribution in [2.75, 3.05) is 82.7 Å². The lowest BCUT2D eigenvalue weighted by molar-refractivity contribution is -0.149. The van der Waals surface area contributed by atoms with Gasteiger partial charge in [0.1, 0.15) is 23.3 Å². The number of carbonyl (C=O) groups excluding carboxylic acids is 4. The van der Waals surface area contributed by atoms with Gasteiger partial charge in [0.2, 0.25) is 15.9 Å². The number of piperazine rings is 2. The van der Waals surface area contributed by atoms with Crippen molar-refractivity contribution < 1.29 is 32.0 Å². The van der Waals surface area contributed by atoms with Crippen molar-refractivity contribution in [1.29, 1.82) is 0 Å². The fraction of sp³-hybridized carbons (Fsp3) is 0.426. The molecule has 0 spiro atoms. The van der Waals surface area contributed by atoms with Crippen LogP contribution in [0.2, 0.25) is 0 Å². The van der Waals surface area contributed by atoms with Gasteiger partial charge in [-0.15, -0.1) is 0 Å². The Kier molecular flexibility index (Phi) is 11.8. The Labute approximate surface area is 386 Å². The van der Waals surface area contributed by atoms with Crippen LogP contribution in [-0.2, 0) is 19.6 Å². The van der Waals surface area contributed by atoms with Gasteiger partial charge in [-0.25, -0.2) is 17.8 Å². The second kappa shape index (κ2) is 17.7. The number of halogens is 1. The summed E-state index contributed by atoms with van der Waals surface area (Å²) in [7, 11) is -2.58. The molecule has 4 amide bonds. The van der Waals surface area contributed by atoms with Crippen LogP contribution in [0.25, 0.3) is 16.8 Å². The Morgan fingerprint density at radius 3 is 2.18 bits per heavy atom. The third-order valence-electron chi connectivity index (χ3n) is 13.8. The van der Waals surface area contributed by atoms with E-state index in [9.17, 15) is 32.4 Å². The van der Waals surface area contributed by atoms with Crippen molar-refractivity contribution in [3.05, 3.63) is 100.0 Å². The third kappa shape index (κ3) is 8.51. The predicted octanol–water partition coefficient (Wildman–Crippen LogP) is 3.74. The van der Waals surface area contributed by atoms with Crippen LogP contribution in [0.3, 0.4) is 0 Å². The summed E-state index contributed by atoms with van der Waals surface area (Å²) >= 11 is 0. The van der Waals surface area contributed by atoms with Crippen molar-refractivity contribution >= 4 is 56.5 Å². The number of benzene rings is 2. The molecule has 4 fully saturated rings. The molecule has 1 N–H and O–H groups in total. The smallest absolute Gasteiger partial charge is 0.262 e. The molecule has 3 saturated heterocycles. The monoisotopic (exact) mass is 933 g/mol. The molecule has 350 valence electrons. The quantitative estimate of drug-likeness (QED) is 0.133. The molecule has 2 aromatic carbocycles. The average molecular weight is 934 g/mol. The van der Waals surface area contributed by atoms with Gasteiger partial charge in [0.25, 0.3) is 23.3 Å². The van der Waals surface area contributed by atoms with E-state index in [0.717, 1.165) is 97.6 Å². The summed E-state index contributed by atoms with van der Waals surface area (Å²) in [5.41, 5.74) is 3.46. The van der Waals surface area contributed by atoms with Crippen LogP contribution in [0.1, 0.15) is 70.8 Å². The Balaban J connectivity index is 0.672. The van der Waals surface area contributed by atoms with Gasteiger partial charge in [-0.3, -0.25) is 47.8 Å². The Bertz CT molecular complexity index is 2990. The Morgan fingerprint density at radius 2 is 1.48 bits per heavy atom. The first-order valence-electron chi connectivity index (χ1n) is 22.9. The molecule has 20 heteroatoms. The normalized spacial score (nSPS) is 20.1. The number of hydrogen-bond acceptors (Lipinski definition) is 13. The second-order valence-corrected chi connectivity index (χ2v) is 20.0. The number of anilines is 3. The molecule has 1 atom stereocenters. The number of aromatic nitrogens is 4. The first kappa shape index (κ1) is 44.5. The Morgan fingerprint density at radius 1 is 0.776 bits per heavy atom. The lowest BCUT2D eigenvalue weighted by atomic mass is 10.0. The lowest BCUT2D eigenvalue weighted by Crippen LogP contribution is -2.54. The van der Waals surface area contributed by atoms with Gasteiger partial charge in [-0.1, -0.05) is 0 Å². The maximum absolute atomic E-state index is 15.6. The molecule has 5 aliphatic rings. The van der Waals surface area contributed by atoms with E-state index in [4.69, 9.17) is 0 Å². The number of sulfonamides is 1. The van der Waals surface area contributed by atoms with Crippen molar-refractivity contribution in [2.24, 2.45) is 0 Å². The molecule has 3 aromatic heterocycles. The molecule has 4 aliphatic heterocycles. The van der Waals surface area contributed by atoms with Crippen LogP contribution in [0.4, 0.5) is 21.6 Å². The Hall–Kier alpha value is -6.35. The largest absolute Gasteiger partial charge is 0.369 e. The predicted molar refractivity (Wildman–Crippen MR) is 246 cm³/mol. The number of likely N-dealkylation sites (N-methyl/N-ethyl adjacent to an activating group) is 1. The molecule has 1 unspecified atom stereocenters. The van der Waals surface area contributed by atoms with Gasteiger partial charge in [0.05, 0.1) is 39.5 Å². The maximum atomic E-state index is 15.6.